The smallest absolute Gasteiger partial charge is 0.213 e. The maximum Gasteiger partial charge on any atom is 0.213 e. The van der Waals surface area contributed by atoms with Crippen LogP contribution in [0.2, 0.25) is 0 Å². The van der Waals surface area contributed by atoms with Crippen molar-refractivity contribution < 1.29 is 9.26 Å². The average molecular weight is 428 g/mol. The lowest BCUT2D eigenvalue weighted by molar-refractivity contribution is 0.277. The minimum atomic E-state index is 0.302. The Morgan fingerprint density at radius 1 is 1.26 bits per heavy atom. The van der Waals surface area contributed by atoms with Gasteiger partial charge < -0.3 is 14.2 Å². The van der Waals surface area contributed by atoms with Gasteiger partial charge in [0.2, 0.25) is 5.88 Å². The fourth-order valence-corrected chi connectivity index (χ4v) is 3.49. The number of fused-ring (bicyclic) bond motifs is 2. The minimum Gasteiger partial charge on any atom is -0.471 e. The Morgan fingerprint density at radius 3 is 3.11 bits per heavy atom. The van der Waals surface area contributed by atoms with Crippen LogP contribution < -0.4 is 9.64 Å². The molecule has 0 aliphatic carbocycles. The van der Waals surface area contributed by atoms with Gasteiger partial charge in [0.05, 0.1) is 12.7 Å². The van der Waals surface area contributed by atoms with E-state index in [1.807, 2.05) is 18.2 Å². The second-order valence-electron chi connectivity index (χ2n) is 6.07. The standard InChI is InChI=1S/C17H14BrN7O2/c18-14-8-25-16(20-10-21-25)17(22-14)24-6-4-13-11(7-24)12(23-27-13)9-26-15-3-1-2-5-19-15/h1-3,5,8,10H,4,6-7,9H2. The molecule has 0 saturated carbocycles. The number of anilines is 1. The highest BCUT2D eigenvalue weighted by molar-refractivity contribution is 9.10. The third kappa shape index (κ3) is 3.01. The summed E-state index contributed by atoms with van der Waals surface area (Å²) in [5.74, 6) is 2.21. The molecule has 5 heterocycles. The van der Waals surface area contributed by atoms with Crippen molar-refractivity contribution >= 4 is 27.4 Å². The van der Waals surface area contributed by atoms with Gasteiger partial charge in [-0.25, -0.2) is 19.5 Å². The second-order valence-corrected chi connectivity index (χ2v) is 6.89. The second kappa shape index (κ2) is 6.62. The highest BCUT2D eigenvalue weighted by Gasteiger charge is 2.27. The summed E-state index contributed by atoms with van der Waals surface area (Å²) in [5, 5.41) is 8.39. The quantitative estimate of drug-likeness (QED) is 0.489. The van der Waals surface area contributed by atoms with Crippen LogP contribution in [0.1, 0.15) is 17.0 Å². The molecule has 0 amide bonds. The highest BCUT2D eigenvalue weighted by atomic mass is 79.9. The lowest BCUT2D eigenvalue weighted by atomic mass is 10.1. The summed E-state index contributed by atoms with van der Waals surface area (Å²) in [6.07, 6.45) is 5.74. The van der Waals surface area contributed by atoms with Gasteiger partial charge in [-0.1, -0.05) is 11.2 Å². The summed E-state index contributed by atoms with van der Waals surface area (Å²) in [7, 11) is 0. The van der Waals surface area contributed by atoms with E-state index in [2.05, 4.69) is 46.0 Å². The third-order valence-corrected chi connectivity index (χ3v) is 4.80. The van der Waals surface area contributed by atoms with Gasteiger partial charge in [-0.2, -0.15) is 5.10 Å². The van der Waals surface area contributed by atoms with Gasteiger partial charge in [-0.3, -0.25) is 0 Å². The fourth-order valence-electron chi connectivity index (χ4n) is 3.13. The van der Waals surface area contributed by atoms with Gasteiger partial charge in [0, 0.05) is 30.8 Å². The van der Waals surface area contributed by atoms with E-state index in [0.717, 1.165) is 35.8 Å². The maximum absolute atomic E-state index is 5.73. The first kappa shape index (κ1) is 16.2. The monoisotopic (exact) mass is 427 g/mol. The summed E-state index contributed by atoms with van der Waals surface area (Å²) in [5.41, 5.74) is 2.51. The van der Waals surface area contributed by atoms with Crippen molar-refractivity contribution in [2.75, 3.05) is 11.4 Å². The third-order valence-electron chi connectivity index (χ3n) is 4.42. The van der Waals surface area contributed by atoms with E-state index in [0.29, 0.717) is 29.3 Å². The van der Waals surface area contributed by atoms with Crippen LogP contribution in [-0.2, 0) is 19.6 Å². The van der Waals surface area contributed by atoms with Gasteiger partial charge in [0.15, 0.2) is 11.5 Å². The van der Waals surface area contributed by atoms with E-state index in [1.54, 1.807) is 16.9 Å². The zero-order chi connectivity index (χ0) is 18.2. The Morgan fingerprint density at radius 2 is 2.22 bits per heavy atom. The van der Waals surface area contributed by atoms with Crippen molar-refractivity contribution in [2.45, 2.75) is 19.6 Å². The van der Waals surface area contributed by atoms with Crippen molar-refractivity contribution in [2.24, 2.45) is 0 Å². The number of halogens is 1. The fraction of sp³-hybridized carbons (Fsp3) is 0.235. The first-order valence-electron chi connectivity index (χ1n) is 8.39. The van der Waals surface area contributed by atoms with Crippen molar-refractivity contribution in [3.05, 3.63) is 58.5 Å². The van der Waals surface area contributed by atoms with Crippen molar-refractivity contribution in [1.82, 2.24) is 29.7 Å². The van der Waals surface area contributed by atoms with E-state index in [1.165, 1.54) is 6.33 Å². The molecule has 0 saturated heterocycles. The van der Waals surface area contributed by atoms with Crippen LogP contribution in [0, 0.1) is 0 Å². The van der Waals surface area contributed by atoms with Crippen LogP contribution in [0.25, 0.3) is 5.65 Å². The van der Waals surface area contributed by atoms with Crippen LogP contribution in [0.5, 0.6) is 5.88 Å². The summed E-state index contributed by atoms with van der Waals surface area (Å²) < 4.78 is 13.7. The summed E-state index contributed by atoms with van der Waals surface area (Å²) in [4.78, 5) is 15.3. The number of ether oxygens (including phenoxy) is 1. The number of hydrogen-bond donors (Lipinski definition) is 0. The summed E-state index contributed by atoms with van der Waals surface area (Å²) in [6, 6.07) is 5.54. The topological polar surface area (TPSA) is 94.5 Å². The van der Waals surface area contributed by atoms with Crippen LogP contribution in [0.4, 0.5) is 5.82 Å². The molecule has 0 radical (unpaired) electrons. The predicted octanol–water partition coefficient (Wildman–Crippen LogP) is 2.41. The van der Waals surface area contributed by atoms with Crippen LogP contribution in [0.3, 0.4) is 0 Å². The molecule has 5 rings (SSSR count). The molecule has 0 spiro atoms. The average Bonchev–Trinajstić information content (AvgIpc) is 3.32. The Kier molecular flexibility index (Phi) is 3.97. The first-order valence-corrected chi connectivity index (χ1v) is 9.18. The van der Waals surface area contributed by atoms with Gasteiger partial charge >= 0.3 is 0 Å². The lowest BCUT2D eigenvalue weighted by Crippen LogP contribution is -2.31. The van der Waals surface area contributed by atoms with E-state index in [4.69, 9.17) is 9.26 Å². The van der Waals surface area contributed by atoms with E-state index >= 15 is 0 Å². The van der Waals surface area contributed by atoms with Crippen molar-refractivity contribution in [3.63, 3.8) is 0 Å². The van der Waals surface area contributed by atoms with E-state index < -0.39 is 0 Å². The lowest BCUT2D eigenvalue weighted by Gasteiger charge is -2.27. The van der Waals surface area contributed by atoms with E-state index in [9.17, 15) is 0 Å². The number of pyridine rings is 1. The van der Waals surface area contributed by atoms with Crippen LogP contribution in [0.15, 0.2) is 46.0 Å². The molecular weight excluding hydrogens is 414 g/mol. The Bertz CT molecular complexity index is 1100. The van der Waals surface area contributed by atoms with Crippen LogP contribution >= 0.6 is 15.9 Å². The molecule has 0 atom stereocenters. The van der Waals surface area contributed by atoms with Crippen LogP contribution in [-0.4, -0.2) is 36.3 Å². The molecule has 10 heteroatoms. The Balaban J connectivity index is 1.42. The van der Waals surface area contributed by atoms with Gasteiger partial charge in [-0.15, -0.1) is 0 Å². The molecular formula is C17H14BrN7O2. The molecule has 136 valence electrons. The SMILES string of the molecule is Brc1cn2ncnc2c(N2CCc3onc(COc4ccccn4)c3C2)n1. The molecule has 4 aromatic rings. The molecule has 1 aliphatic heterocycles. The Hall–Kier alpha value is -3.01. The predicted molar refractivity (Wildman–Crippen MR) is 98.3 cm³/mol. The highest BCUT2D eigenvalue weighted by Crippen LogP contribution is 2.29. The molecule has 4 aromatic heterocycles. The molecule has 0 fully saturated rings. The van der Waals surface area contributed by atoms with Gasteiger partial charge in [0.25, 0.3) is 0 Å². The van der Waals surface area contributed by atoms with Gasteiger partial charge in [0.1, 0.15) is 29.0 Å². The number of aromatic nitrogens is 6. The Labute approximate surface area is 162 Å². The number of nitrogens with zero attached hydrogens (tertiary/aromatic N) is 7. The molecule has 0 unspecified atom stereocenters. The summed E-state index contributed by atoms with van der Waals surface area (Å²) in [6.45, 7) is 1.68. The summed E-state index contributed by atoms with van der Waals surface area (Å²) >= 11 is 3.44. The molecule has 9 nitrogen and oxygen atoms in total. The van der Waals surface area contributed by atoms with Crippen molar-refractivity contribution in [1.29, 1.82) is 0 Å². The number of rotatable bonds is 4. The minimum absolute atomic E-state index is 0.302. The molecule has 0 aromatic carbocycles. The normalized spacial score (nSPS) is 13.7. The van der Waals surface area contributed by atoms with Crippen molar-refractivity contribution in [3.8, 4) is 5.88 Å². The number of hydrogen-bond acceptors (Lipinski definition) is 8. The largest absolute Gasteiger partial charge is 0.471 e. The van der Waals surface area contributed by atoms with E-state index in [-0.39, 0.29) is 0 Å². The van der Waals surface area contributed by atoms with Gasteiger partial charge in [-0.05, 0) is 22.0 Å². The zero-order valence-electron chi connectivity index (χ0n) is 14.1. The maximum atomic E-state index is 5.73. The first-order chi connectivity index (χ1) is 13.3. The zero-order valence-corrected chi connectivity index (χ0v) is 15.7. The molecule has 0 N–H and O–H groups in total. The molecule has 27 heavy (non-hydrogen) atoms. The molecule has 0 bridgehead atoms. The molecule has 1 aliphatic rings.